The quantitative estimate of drug-likeness (QED) is 0.714. The summed E-state index contributed by atoms with van der Waals surface area (Å²) in [7, 11) is 0. The van der Waals surface area contributed by atoms with Crippen molar-refractivity contribution in [2.24, 2.45) is 4.99 Å². The van der Waals surface area contributed by atoms with Crippen molar-refractivity contribution in [1.29, 1.82) is 0 Å². The van der Waals surface area contributed by atoms with E-state index in [1.54, 1.807) is 11.8 Å². The summed E-state index contributed by atoms with van der Waals surface area (Å²) in [5.74, 6) is 0. The molecule has 14 heavy (non-hydrogen) atoms. The molecule has 1 aliphatic rings. The lowest BCUT2D eigenvalue weighted by Gasteiger charge is -2.20. The number of amidine groups is 1. The summed E-state index contributed by atoms with van der Waals surface area (Å²) in [6.45, 7) is 1.80. The van der Waals surface area contributed by atoms with Gasteiger partial charge in [0.05, 0.1) is 17.9 Å². The molecule has 1 aromatic carbocycles. The molecule has 0 saturated carbocycles. The lowest BCUT2D eigenvalue weighted by molar-refractivity contribution is 1.02. The van der Waals surface area contributed by atoms with Gasteiger partial charge in [-0.25, -0.2) is 0 Å². The number of nitrogens with zero attached hydrogens (tertiary/aromatic N) is 2. The third-order valence-electron chi connectivity index (χ3n) is 2.21. The molecule has 0 atom stereocenters. The van der Waals surface area contributed by atoms with Crippen LogP contribution in [0, 0.1) is 0 Å². The first-order chi connectivity index (χ1) is 6.83. The van der Waals surface area contributed by atoms with Gasteiger partial charge in [0.15, 0.2) is 5.17 Å². The predicted molar refractivity (Wildman–Crippen MR) is 64.0 cm³/mol. The third kappa shape index (κ3) is 1.57. The van der Waals surface area contributed by atoms with Crippen molar-refractivity contribution in [2.75, 3.05) is 30.0 Å². The SMILES string of the molecule is CSC1=NCCN1c1ccccc1N. The lowest BCUT2D eigenvalue weighted by atomic mass is 10.2. The normalized spacial score (nSPS) is 15.8. The van der Waals surface area contributed by atoms with Gasteiger partial charge < -0.3 is 10.6 Å². The molecule has 0 radical (unpaired) electrons. The summed E-state index contributed by atoms with van der Waals surface area (Å²) in [6.07, 6.45) is 2.04. The lowest BCUT2D eigenvalue weighted by Crippen LogP contribution is -2.25. The Balaban J connectivity index is 2.32. The monoisotopic (exact) mass is 207 g/mol. The molecule has 0 unspecified atom stereocenters. The molecular formula is C10H13N3S. The van der Waals surface area contributed by atoms with Gasteiger partial charge in [-0.05, 0) is 18.4 Å². The minimum Gasteiger partial charge on any atom is -0.397 e. The van der Waals surface area contributed by atoms with Gasteiger partial charge >= 0.3 is 0 Å². The molecule has 4 heteroatoms. The van der Waals surface area contributed by atoms with E-state index in [1.165, 1.54) is 0 Å². The van der Waals surface area contributed by atoms with E-state index in [0.717, 1.165) is 29.6 Å². The first-order valence-electron chi connectivity index (χ1n) is 4.53. The van der Waals surface area contributed by atoms with Gasteiger partial charge in [-0.3, -0.25) is 4.99 Å². The summed E-state index contributed by atoms with van der Waals surface area (Å²) in [5, 5.41) is 1.06. The molecule has 0 bridgehead atoms. The molecule has 0 saturated heterocycles. The highest BCUT2D eigenvalue weighted by Crippen LogP contribution is 2.26. The van der Waals surface area contributed by atoms with Crippen molar-refractivity contribution in [3.05, 3.63) is 24.3 Å². The zero-order valence-corrected chi connectivity index (χ0v) is 8.92. The van der Waals surface area contributed by atoms with E-state index in [4.69, 9.17) is 5.73 Å². The van der Waals surface area contributed by atoms with E-state index < -0.39 is 0 Å². The maximum Gasteiger partial charge on any atom is 0.163 e. The van der Waals surface area contributed by atoms with Gasteiger partial charge in [0.2, 0.25) is 0 Å². The molecule has 0 aromatic heterocycles. The Hall–Kier alpha value is -1.16. The van der Waals surface area contributed by atoms with E-state index in [2.05, 4.69) is 9.89 Å². The van der Waals surface area contributed by atoms with Gasteiger partial charge in [-0.1, -0.05) is 23.9 Å². The second kappa shape index (κ2) is 3.92. The summed E-state index contributed by atoms with van der Waals surface area (Å²) in [5.41, 5.74) is 7.79. The van der Waals surface area contributed by atoms with Crippen LogP contribution in [-0.2, 0) is 0 Å². The first kappa shape index (κ1) is 9.40. The van der Waals surface area contributed by atoms with Crippen LogP contribution in [0.5, 0.6) is 0 Å². The fraction of sp³-hybridized carbons (Fsp3) is 0.300. The van der Waals surface area contributed by atoms with E-state index in [0.29, 0.717) is 0 Å². The highest BCUT2D eigenvalue weighted by Gasteiger charge is 2.18. The Morgan fingerprint density at radius 3 is 2.93 bits per heavy atom. The molecule has 3 nitrogen and oxygen atoms in total. The fourth-order valence-electron chi connectivity index (χ4n) is 1.56. The van der Waals surface area contributed by atoms with E-state index in [9.17, 15) is 0 Å². The highest BCUT2D eigenvalue weighted by atomic mass is 32.2. The summed E-state index contributed by atoms with van der Waals surface area (Å²) in [6, 6.07) is 7.91. The fourth-order valence-corrected chi connectivity index (χ4v) is 2.19. The van der Waals surface area contributed by atoms with E-state index >= 15 is 0 Å². The second-order valence-electron chi connectivity index (χ2n) is 3.08. The van der Waals surface area contributed by atoms with Gasteiger partial charge in [0, 0.05) is 6.54 Å². The Bertz CT molecular complexity index is 362. The number of thioether (sulfide) groups is 1. The first-order valence-corrected chi connectivity index (χ1v) is 5.76. The number of hydrogen-bond acceptors (Lipinski definition) is 4. The van der Waals surface area contributed by atoms with Crippen LogP contribution in [0.3, 0.4) is 0 Å². The molecule has 0 amide bonds. The molecule has 1 aliphatic heterocycles. The predicted octanol–water partition coefficient (Wildman–Crippen LogP) is 1.81. The summed E-state index contributed by atoms with van der Waals surface area (Å²) < 4.78 is 0. The Kier molecular flexibility index (Phi) is 2.63. The van der Waals surface area contributed by atoms with Crippen LogP contribution in [0.25, 0.3) is 0 Å². The minimum absolute atomic E-state index is 0.816. The second-order valence-corrected chi connectivity index (χ2v) is 3.85. The molecule has 0 aliphatic carbocycles. The van der Waals surface area contributed by atoms with Crippen molar-refractivity contribution >= 4 is 28.3 Å². The van der Waals surface area contributed by atoms with Crippen LogP contribution < -0.4 is 10.6 Å². The van der Waals surface area contributed by atoms with Crippen LogP contribution in [-0.4, -0.2) is 24.5 Å². The molecule has 1 heterocycles. The number of hydrogen-bond donors (Lipinski definition) is 1. The number of para-hydroxylation sites is 2. The topological polar surface area (TPSA) is 41.6 Å². The van der Waals surface area contributed by atoms with Crippen LogP contribution in [0.15, 0.2) is 29.3 Å². The molecule has 2 N–H and O–H groups in total. The molecular weight excluding hydrogens is 194 g/mol. The van der Waals surface area contributed by atoms with Gasteiger partial charge in [-0.2, -0.15) is 0 Å². The van der Waals surface area contributed by atoms with Crippen molar-refractivity contribution < 1.29 is 0 Å². The number of aliphatic imine (C=N–C) groups is 1. The van der Waals surface area contributed by atoms with Crippen LogP contribution in [0.4, 0.5) is 11.4 Å². The molecule has 1 aromatic rings. The maximum absolute atomic E-state index is 5.91. The van der Waals surface area contributed by atoms with Crippen molar-refractivity contribution in [3.8, 4) is 0 Å². The summed E-state index contributed by atoms with van der Waals surface area (Å²) >= 11 is 1.66. The minimum atomic E-state index is 0.816. The van der Waals surface area contributed by atoms with Crippen LogP contribution >= 0.6 is 11.8 Å². The van der Waals surface area contributed by atoms with Gasteiger partial charge in [0.25, 0.3) is 0 Å². The average Bonchev–Trinajstić information content (AvgIpc) is 2.66. The number of benzene rings is 1. The third-order valence-corrected chi connectivity index (χ3v) is 2.93. The molecule has 0 fully saturated rings. The van der Waals surface area contributed by atoms with Gasteiger partial charge in [0.1, 0.15) is 0 Å². The van der Waals surface area contributed by atoms with Crippen molar-refractivity contribution in [2.45, 2.75) is 0 Å². The Morgan fingerprint density at radius 1 is 1.43 bits per heavy atom. The Morgan fingerprint density at radius 2 is 2.21 bits per heavy atom. The highest BCUT2D eigenvalue weighted by molar-refractivity contribution is 8.13. The number of rotatable bonds is 1. The molecule has 2 rings (SSSR count). The van der Waals surface area contributed by atoms with Crippen LogP contribution in [0.2, 0.25) is 0 Å². The van der Waals surface area contributed by atoms with Crippen molar-refractivity contribution in [1.82, 2.24) is 0 Å². The zero-order valence-electron chi connectivity index (χ0n) is 8.10. The van der Waals surface area contributed by atoms with Gasteiger partial charge in [-0.15, -0.1) is 0 Å². The summed E-state index contributed by atoms with van der Waals surface area (Å²) in [4.78, 5) is 6.57. The standard InChI is InChI=1S/C10H13N3S/c1-14-10-12-6-7-13(10)9-5-3-2-4-8(9)11/h2-5H,6-7,11H2,1H3. The Labute approximate surface area is 88.0 Å². The maximum atomic E-state index is 5.91. The van der Waals surface area contributed by atoms with Crippen LogP contribution in [0.1, 0.15) is 0 Å². The average molecular weight is 207 g/mol. The van der Waals surface area contributed by atoms with Crippen molar-refractivity contribution in [3.63, 3.8) is 0 Å². The molecule has 74 valence electrons. The number of nitrogen functional groups attached to an aromatic ring is 1. The molecule has 0 spiro atoms. The number of nitrogens with two attached hydrogens (primary N) is 1. The number of anilines is 2. The van der Waals surface area contributed by atoms with E-state index in [-0.39, 0.29) is 0 Å². The van der Waals surface area contributed by atoms with E-state index in [1.807, 2.05) is 30.5 Å². The smallest absolute Gasteiger partial charge is 0.163 e. The zero-order chi connectivity index (χ0) is 9.97. The largest absolute Gasteiger partial charge is 0.397 e.